The molecule has 0 aliphatic rings. The number of carboxylic acids is 1. The molecule has 0 spiro atoms. The van der Waals surface area contributed by atoms with E-state index in [9.17, 15) is 19.7 Å². The van der Waals surface area contributed by atoms with Gasteiger partial charge in [0.25, 0.3) is 5.69 Å². The molecule has 0 aliphatic carbocycles. The first kappa shape index (κ1) is 12.1. The van der Waals surface area contributed by atoms with Crippen LogP contribution in [0, 0.1) is 10.1 Å². The third kappa shape index (κ3) is 2.77. The van der Waals surface area contributed by atoms with Gasteiger partial charge in [0.05, 0.1) is 10.5 Å². The van der Waals surface area contributed by atoms with Gasteiger partial charge in [-0.3, -0.25) is 19.7 Å². The number of nitro groups is 1. The van der Waals surface area contributed by atoms with Crippen LogP contribution in [0.3, 0.4) is 0 Å². The number of nitrogens with zero attached hydrogens (tertiary/aromatic N) is 1. The zero-order chi connectivity index (χ0) is 12.3. The second kappa shape index (κ2) is 4.71. The van der Waals surface area contributed by atoms with Gasteiger partial charge in [0.2, 0.25) is 0 Å². The topological polar surface area (TPSA) is 97.5 Å². The van der Waals surface area contributed by atoms with E-state index in [1.165, 1.54) is 6.07 Å². The highest BCUT2D eigenvalue weighted by molar-refractivity contribution is 6.31. The number of carbonyl (C=O) groups is 2. The molecule has 0 aromatic heterocycles. The summed E-state index contributed by atoms with van der Waals surface area (Å²) in [6.07, 6.45) is -0.804. The molecule has 0 heterocycles. The first-order valence-electron chi connectivity index (χ1n) is 4.10. The van der Waals surface area contributed by atoms with E-state index < -0.39 is 28.8 Å². The van der Waals surface area contributed by atoms with E-state index in [0.717, 1.165) is 12.1 Å². The van der Waals surface area contributed by atoms with Crippen molar-refractivity contribution < 1.29 is 19.6 Å². The highest BCUT2D eigenvalue weighted by atomic mass is 35.5. The third-order valence-corrected chi connectivity index (χ3v) is 2.00. The maximum atomic E-state index is 11.4. The number of carbonyl (C=O) groups excluding carboxylic acids is 1. The zero-order valence-corrected chi connectivity index (χ0v) is 8.60. The van der Waals surface area contributed by atoms with E-state index in [0.29, 0.717) is 0 Å². The number of hydrogen-bond acceptors (Lipinski definition) is 4. The van der Waals surface area contributed by atoms with Crippen molar-refractivity contribution in [3.63, 3.8) is 0 Å². The van der Waals surface area contributed by atoms with Crippen molar-refractivity contribution in [1.82, 2.24) is 0 Å². The molecule has 0 fully saturated rings. The lowest BCUT2D eigenvalue weighted by molar-refractivity contribution is -0.385. The number of Topliss-reactive ketones (excluding diaryl/α,β-unsaturated/α-hetero) is 1. The van der Waals surface area contributed by atoms with E-state index in [2.05, 4.69) is 0 Å². The highest BCUT2D eigenvalue weighted by Gasteiger charge is 2.21. The number of aliphatic carboxylic acids is 1. The van der Waals surface area contributed by atoms with Crippen LogP contribution >= 0.6 is 11.6 Å². The minimum atomic E-state index is -1.35. The fourth-order valence-corrected chi connectivity index (χ4v) is 1.30. The van der Waals surface area contributed by atoms with Gasteiger partial charge in [-0.25, -0.2) is 0 Å². The molecule has 6 nitrogen and oxygen atoms in total. The van der Waals surface area contributed by atoms with Crippen LogP contribution in [0.1, 0.15) is 16.8 Å². The van der Waals surface area contributed by atoms with E-state index in [4.69, 9.17) is 16.7 Å². The predicted molar refractivity (Wildman–Crippen MR) is 54.7 cm³/mol. The van der Waals surface area contributed by atoms with Gasteiger partial charge >= 0.3 is 5.97 Å². The van der Waals surface area contributed by atoms with Crippen molar-refractivity contribution >= 4 is 29.0 Å². The standard InChI is InChI=1S/C9H6ClNO5/c10-5-1-2-7(11(15)16)6(3-5)8(12)4-9(13)14/h1-3H,4H2,(H,13,14). The monoisotopic (exact) mass is 243 g/mol. The molecular weight excluding hydrogens is 238 g/mol. The second-order valence-corrected chi connectivity index (χ2v) is 3.35. The minimum Gasteiger partial charge on any atom is -0.481 e. The van der Waals surface area contributed by atoms with Crippen LogP contribution in [0.5, 0.6) is 0 Å². The maximum absolute atomic E-state index is 11.4. The van der Waals surface area contributed by atoms with Gasteiger partial charge in [0.15, 0.2) is 5.78 Å². The van der Waals surface area contributed by atoms with E-state index in [-0.39, 0.29) is 10.6 Å². The Morgan fingerprint density at radius 1 is 1.44 bits per heavy atom. The SMILES string of the molecule is O=C(O)CC(=O)c1cc(Cl)ccc1[N+](=O)[O-]. The van der Waals surface area contributed by atoms with E-state index in [1.54, 1.807) is 0 Å². The van der Waals surface area contributed by atoms with Crippen molar-refractivity contribution in [1.29, 1.82) is 0 Å². The van der Waals surface area contributed by atoms with Crippen LogP contribution in [0.2, 0.25) is 5.02 Å². The molecule has 0 saturated heterocycles. The Bertz CT molecular complexity index is 471. The van der Waals surface area contributed by atoms with Crippen LogP contribution in [-0.2, 0) is 4.79 Å². The molecule has 0 radical (unpaired) electrons. The Morgan fingerprint density at radius 3 is 2.56 bits per heavy atom. The molecule has 0 amide bonds. The molecule has 84 valence electrons. The van der Waals surface area contributed by atoms with E-state index >= 15 is 0 Å². The molecule has 0 bridgehead atoms. The number of halogens is 1. The average molecular weight is 244 g/mol. The van der Waals surface area contributed by atoms with Gasteiger partial charge in [0.1, 0.15) is 6.42 Å². The lowest BCUT2D eigenvalue weighted by Crippen LogP contribution is -2.09. The predicted octanol–water partition coefficient (Wildman–Crippen LogP) is 1.91. The van der Waals surface area contributed by atoms with Crippen LogP contribution in [0.15, 0.2) is 18.2 Å². The summed E-state index contributed by atoms with van der Waals surface area (Å²) < 4.78 is 0. The van der Waals surface area contributed by atoms with Crippen LogP contribution in [-0.4, -0.2) is 21.8 Å². The lowest BCUT2D eigenvalue weighted by Gasteiger charge is -2.00. The molecule has 0 saturated carbocycles. The normalized spacial score (nSPS) is 9.81. The summed E-state index contributed by atoms with van der Waals surface area (Å²) in [4.78, 5) is 31.5. The number of rotatable bonds is 4. The van der Waals surface area contributed by atoms with Crippen LogP contribution < -0.4 is 0 Å². The molecule has 7 heteroatoms. The number of carboxylic acid groups (broad SMARTS) is 1. The van der Waals surface area contributed by atoms with Crippen molar-refractivity contribution in [3.05, 3.63) is 38.9 Å². The first-order chi connectivity index (χ1) is 7.41. The Morgan fingerprint density at radius 2 is 2.06 bits per heavy atom. The number of benzene rings is 1. The van der Waals surface area contributed by atoms with Crippen molar-refractivity contribution in [2.75, 3.05) is 0 Å². The van der Waals surface area contributed by atoms with E-state index in [1.807, 2.05) is 0 Å². The number of ketones is 1. The number of nitro benzene ring substituents is 1. The van der Waals surface area contributed by atoms with Gasteiger partial charge in [-0.2, -0.15) is 0 Å². The fraction of sp³-hybridized carbons (Fsp3) is 0.111. The Kier molecular flexibility index (Phi) is 3.57. The third-order valence-electron chi connectivity index (χ3n) is 1.77. The molecular formula is C9H6ClNO5. The smallest absolute Gasteiger partial charge is 0.311 e. The summed E-state index contributed by atoms with van der Waals surface area (Å²) >= 11 is 5.58. The molecule has 1 aromatic carbocycles. The van der Waals surface area contributed by atoms with Crippen LogP contribution in [0.4, 0.5) is 5.69 Å². The van der Waals surface area contributed by atoms with Gasteiger partial charge in [0, 0.05) is 11.1 Å². The Labute approximate surface area is 94.6 Å². The van der Waals surface area contributed by atoms with Gasteiger partial charge < -0.3 is 5.11 Å². The second-order valence-electron chi connectivity index (χ2n) is 2.91. The van der Waals surface area contributed by atoms with Crippen molar-refractivity contribution in [3.8, 4) is 0 Å². The quantitative estimate of drug-likeness (QED) is 0.377. The zero-order valence-electron chi connectivity index (χ0n) is 7.84. The highest BCUT2D eigenvalue weighted by Crippen LogP contribution is 2.23. The molecule has 0 unspecified atom stereocenters. The molecule has 1 rings (SSSR count). The summed E-state index contributed by atoms with van der Waals surface area (Å²) in [5.74, 6) is -2.19. The van der Waals surface area contributed by atoms with Crippen molar-refractivity contribution in [2.45, 2.75) is 6.42 Å². The Balaban J connectivity index is 3.19. The molecule has 0 aliphatic heterocycles. The number of hydrogen-bond donors (Lipinski definition) is 1. The Hall–Kier alpha value is -1.95. The molecule has 1 aromatic rings. The minimum absolute atomic E-state index is 0.138. The maximum Gasteiger partial charge on any atom is 0.311 e. The first-order valence-corrected chi connectivity index (χ1v) is 4.48. The van der Waals surface area contributed by atoms with Gasteiger partial charge in [-0.15, -0.1) is 0 Å². The summed E-state index contributed by atoms with van der Waals surface area (Å²) in [5, 5.41) is 19.1. The van der Waals surface area contributed by atoms with Gasteiger partial charge in [-0.1, -0.05) is 11.6 Å². The summed E-state index contributed by atoms with van der Waals surface area (Å²) in [6, 6.07) is 3.42. The molecule has 0 atom stereocenters. The largest absolute Gasteiger partial charge is 0.481 e. The molecule has 16 heavy (non-hydrogen) atoms. The molecule has 1 N–H and O–H groups in total. The summed E-state index contributed by atoms with van der Waals surface area (Å²) in [7, 11) is 0. The van der Waals surface area contributed by atoms with Crippen molar-refractivity contribution in [2.24, 2.45) is 0 Å². The summed E-state index contributed by atoms with van der Waals surface area (Å²) in [5.41, 5.74) is -0.740. The fourth-order valence-electron chi connectivity index (χ4n) is 1.12. The van der Waals surface area contributed by atoms with Crippen LogP contribution in [0.25, 0.3) is 0 Å². The summed E-state index contributed by atoms with van der Waals surface area (Å²) in [6.45, 7) is 0. The van der Waals surface area contributed by atoms with Gasteiger partial charge in [-0.05, 0) is 12.1 Å². The lowest BCUT2D eigenvalue weighted by atomic mass is 10.1. The average Bonchev–Trinajstić information content (AvgIpc) is 2.15.